The highest BCUT2D eigenvalue weighted by atomic mass is 16.3. The standard InChI is InChI=1S/C17H15NO5/c19-13-8-11(9-14(20)16(13)21)17(22)18-6-5-12-7-10-3-1-2-4-15(10)23-12/h1-4,7-9,19-21H,5-6H2,(H,18,22). The highest BCUT2D eigenvalue weighted by molar-refractivity contribution is 5.95. The lowest BCUT2D eigenvalue weighted by molar-refractivity contribution is 0.0953. The number of fused-ring (bicyclic) bond motifs is 1. The Balaban J connectivity index is 1.63. The number of hydrogen-bond acceptors (Lipinski definition) is 5. The van der Waals surface area contributed by atoms with Crippen molar-refractivity contribution < 1.29 is 24.5 Å². The second kappa shape index (κ2) is 5.92. The van der Waals surface area contributed by atoms with E-state index in [0.717, 1.165) is 28.9 Å². The Kier molecular flexibility index (Phi) is 3.80. The Morgan fingerprint density at radius 3 is 2.43 bits per heavy atom. The second-order valence-electron chi connectivity index (χ2n) is 5.12. The van der Waals surface area contributed by atoms with Crippen molar-refractivity contribution in [2.24, 2.45) is 0 Å². The van der Waals surface area contributed by atoms with Crippen LogP contribution >= 0.6 is 0 Å². The summed E-state index contributed by atoms with van der Waals surface area (Å²) in [5, 5.41) is 31.7. The molecule has 3 rings (SSSR count). The molecule has 0 saturated carbocycles. The zero-order valence-electron chi connectivity index (χ0n) is 12.1. The van der Waals surface area contributed by atoms with Crippen LogP contribution in [0.25, 0.3) is 11.0 Å². The average molecular weight is 313 g/mol. The first kappa shape index (κ1) is 14.8. The summed E-state index contributed by atoms with van der Waals surface area (Å²) >= 11 is 0. The second-order valence-corrected chi connectivity index (χ2v) is 5.12. The molecule has 118 valence electrons. The normalized spacial score (nSPS) is 10.8. The summed E-state index contributed by atoms with van der Waals surface area (Å²) in [5.41, 5.74) is 0.851. The lowest BCUT2D eigenvalue weighted by atomic mass is 10.1. The maximum Gasteiger partial charge on any atom is 0.251 e. The van der Waals surface area contributed by atoms with Crippen LogP contribution < -0.4 is 5.32 Å². The first-order valence-corrected chi connectivity index (χ1v) is 7.05. The molecular formula is C17H15NO5. The molecule has 0 fully saturated rings. The molecular weight excluding hydrogens is 298 g/mol. The van der Waals surface area contributed by atoms with Gasteiger partial charge in [0, 0.05) is 23.9 Å². The van der Waals surface area contributed by atoms with Gasteiger partial charge < -0.3 is 25.1 Å². The van der Waals surface area contributed by atoms with Crippen molar-refractivity contribution in [3.63, 3.8) is 0 Å². The highest BCUT2D eigenvalue weighted by Crippen LogP contribution is 2.35. The van der Waals surface area contributed by atoms with E-state index < -0.39 is 23.2 Å². The van der Waals surface area contributed by atoms with Crippen LogP contribution in [0.5, 0.6) is 17.2 Å². The largest absolute Gasteiger partial charge is 0.504 e. The van der Waals surface area contributed by atoms with E-state index >= 15 is 0 Å². The summed E-state index contributed by atoms with van der Waals surface area (Å²) in [6.45, 7) is 0.334. The summed E-state index contributed by atoms with van der Waals surface area (Å²) in [6.07, 6.45) is 0.510. The number of carbonyl (C=O) groups is 1. The molecule has 0 aliphatic heterocycles. The number of nitrogens with one attached hydrogen (secondary N) is 1. The Hall–Kier alpha value is -3.15. The summed E-state index contributed by atoms with van der Waals surface area (Å²) in [7, 11) is 0. The van der Waals surface area contributed by atoms with Gasteiger partial charge in [0.25, 0.3) is 5.91 Å². The van der Waals surface area contributed by atoms with Crippen LogP contribution in [0.2, 0.25) is 0 Å². The first-order chi connectivity index (χ1) is 11.0. The molecule has 3 aromatic rings. The lowest BCUT2D eigenvalue weighted by Crippen LogP contribution is -2.25. The van der Waals surface area contributed by atoms with Gasteiger partial charge in [0.05, 0.1) is 0 Å². The number of aromatic hydroxyl groups is 3. The van der Waals surface area contributed by atoms with E-state index in [1.807, 2.05) is 30.3 Å². The van der Waals surface area contributed by atoms with Crippen LogP contribution in [0.4, 0.5) is 0 Å². The molecule has 0 bridgehead atoms. The number of phenols is 3. The molecule has 1 heterocycles. The van der Waals surface area contributed by atoms with E-state index in [0.29, 0.717) is 13.0 Å². The van der Waals surface area contributed by atoms with Gasteiger partial charge in [-0.15, -0.1) is 0 Å². The number of para-hydroxylation sites is 1. The van der Waals surface area contributed by atoms with Crippen molar-refractivity contribution in [1.82, 2.24) is 5.32 Å². The zero-order valence-corrected chi connectivity index (χ0v) is 12.1. The highest BCUT2D eigenvalue weighted by Gasteiger charge is 2.13. The molecule has 2 aromatic carbocycles. The van der Waals surface area contributed by atoms with Crippen molar-refractivity contribution >= 4 is 16.9 Å². The minimum absolute atomic E-state index is 0.0578. The molecule has 23 heavy (non-hydrogen) atoms. The SMILES string of the molecule is O=C(NCCc1cc2ccccc2o1)c1cc(O)c(O)c(O)c1. The van der Waals surface area contributed by atoms with Crippen LogP contribution in [0.1, 0.15) is 16.1 Å². The van der Waals surface area contributed by atoms with Gasteiger partial charge in [-0.2, -0.15) is 0 Å². The molecule has 0 aliphatic rings. The fraction of sp³-hybridized carbons (Fsp3) is 0.118. The lowest BCUT2D eigenvalue weighted by Gasteiger charge is -2.06. The van der Waals surface area contributed by atoms with Crippen LogP contribution in [-0.2, 0) is 6.42 Å². The summed E-state index contributed by atoms with van der Waals surface area (Å²) in [6, 6.07) is 11.7. The van der Waals surface area contributed by atoms with Crippen molar-refractivity contribution in [3.05, 3.63) is 53.8 Å². The first-order valence-electron chi connectivity index (χ1n) is 7.05. The molecule has 0 radical (unpaired) electrons. The molecule has 6 nitrogen and oxygen atoms in total. The van der Waals surface area contributed by atoms with Crippen LogP contribution in [0, 0.1) is 0 Å². The fourth-order valence-electron chi connectivity index (χ4n) is 2.30. The van der Waals surface area contributed by atoms with Crippen molar-refractivity contribution in [2.45, 2.75) is 6.42 Å². The van der Waals surface area contributed by atoms with Crippen LogP contribution in [-0.4, -0.2) is 27.8 Å². The minimum Gasteiger partial charge on any atom is -0.504 e. The van der Waals surface area contributed by atoms with Gasteiger partial charge in [0.15, 0.2) is 17.2 Å². The number of rotatable bonds is 4. The third-order valence-corrected chi connectivity index (χ3v) is 3.47. The average Bonchev–Trinajstić information content (AvgIpc) is 2.94. The van der Waals surface area contributed by atoms with Crippen molar-refractivity contribution in [1.29, 1.82) is 0 Å². The van der Waals surface area contributed by atoms with E-state index in [2.05, 4.69) is 5.32 Å². The van der Waals surface area contributed by atoms with E-state index in [4.69, 9.17) is 4.42 Å². The quantitative estimate of drug-likeness (QED) is 0.554. The number of amides is 1. The molecule has 0 aliphatic carbocycles. The molecule has 1 amide bonds. The molecule has 0 spiro atoms. The molecule has 1 aromatic heterocycles. The maximum absolute atomic E-state index is 12.0. The van der Waals surface area contributed by atoms with E-state index in [1.54, 1.807) is 0 Å². The van der Waals surface area contributed by atoms with E-state index in [9.17, 15) is 20.1 Å². The predicted molar refractivity (Wildman–Crippen MR) is 83.7 cm³/mol. The minimum atomic E-state index is -0.649. The number of hydrogen-bond donors (Lipinski definition) is 4. The third-order valence-electron chi connectivity index (χ3n) is 3.47. The number of furan rings is 1. The zero-order chi connectivity index (χ0) is 16.4. The summed E-state index contributed by atoms with van der Waals surface area (Å²) in [5.74, 6) is -1.46. The van der Waals surface area contributed by atoms with Crippen LogP contribution in [0.3, 0.4) is 0 Å². The molecule has 6 heteroatoms. The number of phenolic OH excluding ortho intramolecular Hbond substituents is 3. The maximum atomic E-state index is 12.0. The summed E-state index contributed by atoms with van der Waals surface area (Å²) in [4.78, 5) is 12.0. The van der Waals surface area contributed by atoms with Crippen molar-refractivity contribution in [2.75, 3.05) is 6.54 Å². The molecule has 0 atom stereocenters. The van der Waals surface area contributed by atoms with Crippen molar-refractivity contribution in [3.8, 4) is 17.2 Å². The van der Waals surface area contributed by atoms with Crippen LogP contribution in [0.15, 0.2) is 46.9 Å². The molecule has 0 saturated heterocycles. The van der Waals surface area contributed by atoms with Gasteiger partial charge >= 0.3 is 0 Å². The van der Waals surface area contributed by atoms with E-state index in [-0.39, 0.29) is 5.56 Å². The number of carbonyl (C=O) groups excluding carboxylic acids is 1. The van der Waals surface area contributed by atoms with Gasteiger partial charge in [-0.05, 0) is 24.3 Å². The number of benzene rings is 2. The smallest absolute Gasteiger partial charge is 0.251 e. The summed E-state index contributed by atoms with van der Waals surface area (Å²) < 4.78 is 5.65. The Morgan fingerprint density at radius 2 is 1.74 bits per heavy atom. The van der Waals surface area contributed by atoms with Gasteiger partial charge in [0.2, 0.25) is 0 Å². The van der Waals surface area contributed by atoms with Gasteiger partial charge in [-0.1, -0.05) is 18.2 Å². The fourth-order valence-corrected chi connectivity index (χ4v) is 2.30. The van der Waals surface area contributed by atoms with E-state index in [1.165, 1.54) is 0 Å². The Labute approximate surface area is 131 Å². The topological polar surface area (TPSA) is 103 Å². The van der Waals surface area contributed by atoms with Gasteiger partial charge in [0.1, 0.15) is 11.3 Å². The monoisotopic (exact) mass is 313 g/mol. The molecule has 0 unspecified atom stereocenters. The molecule has 4 N–H and O–H groups in total. The Morgan fingerprint density at radius 1 is 1.04 bits per heavy atom. The van der Waals surface area contributed by atoms with Gasteiger partial charge in [-0.3, -0.25) is 4.79 Å². The van der Waals surface area contributed by atoms with Gasteiger partial charge in [-0.25, -0.2) is 0 Å². The predicted octanol–water partition coefficient (Wildman–Crippen LogP) is 2.52. The third kappa shape index (κ3) is 3.06. The Bertz CT molecular complexity index is 812.